The standard InChI is InChI=1S/C46H85NO10/c1-3-5-7-9-11-13-14-15-16-17-18-19-20-21-22-23-24-26-28-30-32-34-39(50)45(55)47-37(36-56-46-44(54)43(53)42(52)40(35-48)57-46)41(51)38(49)33-31-29-27-25-12-10-8-6-4-2/h6,8,20-21,25,27,37-44,46,48-54H,3-5,7,9-19,22-24,26,28-36H2,1-2H3,(H,47,55)/b8-6+,21-20-,27-25+. The van der Waals surface area contributed by atoms with Gasteiger partial charge < -0.3 is 50.5 Å². The highest BCUT2D eigenvalue weighted by atomic mass is 16.7. The molecule has 1 amide bonds. The predicted molar refractivity (Wildman–Crippen MR) is 228 cm³/mol. The van der Waals surface area contributed by atoms with Crippen LogP contribution in [-0.4, -0.2) is 110 Å². The smallest absolute Gasteiger partial charge is 0.249 e. The molecule has 0 saturated carbocycles. The molecule has 334 valence electrons. The number of hydrogen-bond acceptors (Lipinski definition) is 10. The molecule has 1 fully saturated rings. The summed E-state index contributed by atoms with van der Waals surface area (Å²) in [4.78, 5) is 13.0. The normalized spacial score (nSPS) is 22.4. The first kappa shape index (κ1) is 53.3. The lowest BCUT2D eigenvalue weighted by Gasteiger charge is -2.40. The minimum absolute atomic E-state index is 0.242. The molecule has 1 heterocycles. The molecule has 0 aliphatic carbocycles. The highest BCUT2D eigenvalue weighted by Crippen LogP contribution is 2.23. The van der Waals surface area contributed by atoms with E-state index in [9.17, 15) is 40.5 Å². The van der Waals surface area contributed by atoms with Crippen LogP contribution in [0.4, 0.5) is 0 Å². The fourth-order valence-corrected chi connectivity index (χ4v) is 7.10. The van der Waals surface area contributed by atoms with Crippen LogP contribution in [0.2, 0.25) is 0 Å². The number of aliphatic hydroxyl groups is 7. The number of ether oxygens (including phenoxy) is 2. The number of amides is 1. The van der Waals surface area contributed by atoms with Gasteiger partial charge in [-0.25, -0.2) is 0 Å². The molecule has 0 spiro atoms. The molecule has 0 bridgehead atoms. The molecule has 11 nitrogen and oxygen atoms in total. The topological polar surface area (TPSA) is 189 Å². The van der Waals surface area contributed by atoms with Gasteiger partial charge in [0.1, 0.15) is 36.6 Å². The minimum atomic E-state index is -1.67. The van der Waals surface area contributed by atoms with Gasteiger partial charge in [0, 0.05) is 0 Å². The van der Waals surface area contributed by atoms with Crippen LogP contribution in [-0.2, 0) is 14.3 Å². The van der Waals surface area contributed by atoms with Gasteiger partial charge in [-0.2, -0.15) is 0 Å². The molecule has 9 unspecified atom stereocenters. The molecule has 9 atom stereocenters. The van der Waals surface area contributed by atoms with Gasteiger partial charge >= 0.3 is 0 Å². The van der Waals surface area contributed by atoms with Crippen molar-refractivity contribution in [2.45, 2.75) is 236 Å². The summed E-state index contributed by atoms with van der Waals surface area (Å²) < 4.78 is 11.0. The molecule has 0 aromatic rings. The van der Waals surface area contributed by atoms with Crippen LogP contribution in [0.3, 0.4) is 0 Å². The van der Waals surface area contributed by atoms with Crippen molar-refractivity contribution in [3.63, 3.8) is 0 Å². The fourth-order valence-electron chi connectivity index (χ4n) is 7.10. The van der Waals surface area contributed by atoms with Crippen molar-refractivity contribution in [3.8, 4) is 0 Å². The predicted octanol–water partition coefficient (Wildman–Crippen LogP) is 7.22. The van der Waals surface area contributed by atoms with Crippen LogP contribution in [0.15, 0.2) is 36.5 Å². The Balaban J connectivity index is 2.40. The van der Waals surface area contributed by atoms with Crippen LogP contribution in [0.1, 0.15) is 181 Å². The molecule has 57 heavy (non-hydrogen) atoms. The number of aliphatic hydroxyl groups excluding tert-OH is 7. The quantitative estimate of drug-likeness (QED) is 0.0235. The summed E-state index contributed by atoms with van der Waals surface area (Å²) in [5.41, 5.74) is 0. The Hall–Kier alpha value is -1.67. The molecule has 0 aromatic carbocycles. The van der Waals surface area contributed by atoms with Crippen LogP contribution in [0.5, 0.6) is 0 Å². The Bertz CT molecular complexity index is 1020. The molecule has 8 N–H and O–H groups in total. The maximum atomic E-state index is 13.0. The highest BCUT2D eigenvalue weighted by Gasteiger charge is 2.44. The summed E-state index contributed by atoms with van der Waals surface area (Å²) in [6.07, 6.45) is 29.4. The van der Waals surface area contributed by atoms with Gasteiger partial charge in [0.15, 0.2) is 6.29 Å². The SMILES string of the molecule is CC/C=C/CC/C=C/CCCC(O)C(O)C(COC1OC(CO)C(O)C(O)C1O)NC(=O)C(O)CCCCCCCC/C=C\CCCCCCCCCCCCC. The van der Waals surface area contributed by atoms with Crippen LogP contribution < -0.4 is 5.32 Å². The number of carbonyl (C=O) groups is 1. The molecule has 11 heteroatoms. The second-order valence-corrected chi connectivity index (χ2v) is 16.1. The van der Waals surface area contributed by atoms with Crippen LogP contribution in [0, 0.1) is 0 Å². The number of allylic oxidation sites excluding steroid dienone is 6. The Kier molecular flexibility index (Phi) is 33.9. The van der Waals surface area contributed by atoms with E-state index < -0.39 is 74.2 Å². The minimum Gasteiger partial charge on any atom is -0.394 e. The van der Waals surface area contributed by atoms with Crippen molar-refractivity contribution in [3.05, 3.63) is 36.5 Å². The third-order valence-corrected chi connectivity index (χ3v) is 10.9. The summed E-state index contributed by atoms with van der Waals surface area (Å²) in [5.74, 6) is -0.719. The number of hydrogen-bond donors (Lipinski definition) is 8. The first-order chi connectivity index (χ1) is 27.7. The zero-order chi connectivity index (χ0) is 41.9. The van der Waals surface area contributed by atoms with Gasteiger partial charge in [-0.15, -0.1) is 0 Å². The zero-order valence-corrected chi connectivity index (χ0v) is 35.8. The lowest BCUT2D eigenvalue weighted by molar-refractivity contribution is -0.303. The molecule has 0 radical (unpaired) electrons. The number of carbonyl (C=O) groups excluding carboxylic acids is 1. The molecule has 1 rings (SSSR count). The maximum Gasteiger partial charge on any atom is 0.249 e. The number of nitrogens with one attached hydrogen (secondary N) is 1. The van der Waals surface area contributed by atoms with Crippen LogP contribution >= 0.6 is 0 Å². The monoisotopic (exact) mass is 812 g/mol. The Morgan fingerprint density at radius 3 is 1.65 bits per heavy atom. The van der Waals surface area contributed by atoms with E-state index >= 15 is 0 Å². The van der Waals surface area contributed by atoms with E-state index in [1.807, 2.05) is 6.08 Å². The summed E-state index contributed by atoms with van der Waals surface area (Å²) in [5, 5.41) is 75.3. The molecule has 1 aliphatic rings. The van der Waals surface area contributed by atoms with Crippen LogP contribution in [0.25, 0.3) is 0 Å². The molecular formula is C46H85NO10. The van der Waals surface area contributed by atoms with E-state index in [-0.39, 0.29) is 12.8 Å². The van der Waals surface area contributed by atoms with Gasteiger partial charge in [0.05, 0.1) is 25.4 Å². The summed E-state index contributed by atoms with van der Waals surface area (Å²) >= 11 is 0. The third-order valence-electron chi connectivity index (χ3n) is 10.9. The van der Waals surface area contributed by atoms with E-state index in [1.165, 1.54) is 77.0 Å². The van der Waals surface area contributed by atoms with Crippen molar-refractivity contribution in [1.29, 1.82) is 0 Å². The first-order valence-electron chi connectivity index (χ1n) is 22.9. The number of unbranched alkanes of at least 4 members (excludes halogenated alkanes) is 19. The second-order valence-electron chi connectivity index (χ2n) is 16.1. The first-order valence-corrected chi connectivity index (χ1v) is 22.9. The lowest BCUT2D eigenvalue weighted by Crippen LogP contribution is -2.60. The van der Waals surface area contributed by atoms with Gasteiger partial charge in [-0.1, -0.05) is 147 Å². The molecule has 1 saturated heterocycles. The lowest BCUT2D eigenvalue weighted by atomic mass is 9.98. The second kappa shape index (κ2) is 36.2. The van der Waals surface area contributed by atoms with Crippen molar-refractivity contribution < 1.29 is 50.0 Å². The van der Waals surface area contributed by atoms with Crippen molar-refractivity contribution in [2.75, 3.05) is 13.2 Å². The highest BCUT2D eigenvalue weighted by molar-refractivity contribution is 5.80. The maximum absolute atomic E-state index is 13.0. The van der Waals surface area contributed by atoms with E-state index in [4.69, 9.17) is 9.47 Å². The van der Waals surface area contributed by atoms with Gasteiger partial charge in [0.2, 0.25) is 5.91 Å². The Morgan fingerprint density at radius 2 is 1.11 bits per heavy atom. The van der Waals surface area contributed by atoms with E-state index in [1.54, 1.807) is 0 Å². The summed E-state index contributed by atoms with van der Waals surface area (Å²) in [6.45, 7) is 3.27. The Labute approximate surface area is 346 Å². The van der Waals surface area contributed by atoms with Gasteiger partial charge in [-0.3, -0.25) is 4.79 Å². The van der Waals surface area contributed by atoms with Gasteiger partial charge in [-0.05, 0) is 70.6 Å². The van der Waals surface area contributed by atoms with E-state index in [0.717, 1.165) is 57.8 Å². The summed E-state index contributed by atoms with van der Waals surface area (Å²) in [6, 6.07) is -1.19. The average Bonchev–Trinajstić information content (AvgIpc) is 3.21. The average molecular weight is 812 g/mol. The molecule has 1 aliphatic heterocycles. The molecule has 0 aromatic heterocycles. The Morgan fingerprint density at radius 1 is 0.614 bits per heavy atom. The molecular weight excluding hydrogens is 727 g/mol. The van der Waals surface area contributed by atoms with E-state index in [0.29, 0.717) is 19.3 Å². The fraction of sp³-hybridized carbons (Fsp3) is 0.848. The van der Waals surface area contributed by atoms with E-state index in [2.05, 4.69) is 49.5 Å². The largest absolute Gasteiger partial charge is 0.394 e. The zero-order valence-electron chi connectivity index (χ0n) is 35.8. The third kappa shape index (κ3) is 26.2. The summed E-state index contributed by atoms with van der Waals surface area (Å²) in [7, 11) is 0. The van der Waals surface area contributed by atoms with Crippen molar-refractivity contribution in [2.24, 2.45) is 0 Å². The van der Waals surface area contributed by atoms with Crippen molar-refractivity contribution in [1.82, 2.24) is 5.32 Å². The van der Waals surface area contributed by atoms with Crippen molar-refractivity contribution >= 4 is 5.91 Å². The number of rotatable bonds is 37. The van der Waals surface area contributed by atoms with Gasteiger partial charge in [0.25, 0.3) is 0 Å².